The largest absolute Gasteiger partial charge is 0.354 e. The predicted octanol–water partition coefficient (Wildman–Crippen LogP) is 2.73. The van der Waals surface area contributed by atoms with E-state index in [4.69, 9.17) is 4.98 Å². The first-order valence-electron chi connectivity index (χ1n) is 6.47. The van der Waals surface area contributed by atoms with E-state index >= 15 is 0 Å². The van der Waals surface area contributed by atoms with Gasteiger partial charge in [0.1, 0.15) is 5.82 Å². The standard InChI is InChI=1S/C14H25N3/c1-6-9-17(11(2)3)14-8-7-13(10-15-5)12(4)16-14/h7-8,11,15H,6,9-10H2,1-5H3. The van der Waals surface area contributed by atoms with Crippen LogP contribution in [0.5, 0.6) is 0 Å². The Balaban J connectivity index is 2.93. The molecular weight excluding hydrogens is 210 g/mol. The molecule has 0 aliphatic heterocycles. The van der Waals surface area contributed by atoms with Gasteiger partial charge in [-0.1, -0.05) is 13.0 Å². The van der Waals surface area contributed by atoms with E-state index in [1.54, 1.807) is 0 Å². The number of nitrogens with zero attached hydrogens (tertiary/aromatic N) is 2. The Hall–Kier alpha value is -1.09. The Morgan fingerprint density at radius 3 is 2.53 bits per heavy atom. The van der Waals surface area contributed by atoms with Crippen molar-refractivity contribution in [2.24, 2.45) is 0 Å². The van der Waals surface area contributed by atoms with E-state index in [2.05, 4.69) is 50.0 Å². The first-order valence-corrected chi connectivity index (χ1v) is 6.47. The quantitative estimate of drug-likeness (QED) is 0.821. The van der Waals surface area contributed by atoms with Crippen molar-refractivity contribution in [3.05, 3.63) is 23.4 Å². The van der Waals surface area contributed by atoms with Crippen LogP contribution in [0.3, 0.4) is 0 Å². The molecule has 0 saturated carbocycles. The van der Waals surface area contributed by atoms with Crippen LogP contribution in [0.2, 0.25) is 0 Å². The maximum atomic E-state index is 4.72. The molecule has 0 aliphatic carbocycles. The summed E-state index contributed by atoms with van der Waals surface area (Å²) in [6.07, 6.45) is 1.15. The number of pyridine rings is 1. The average molecular weight is 235 g/mol. The highest BCUT2D eigenvalue weighted by Crippen LogP contribution is 2.17. The van der Waals surface area contributed by atoms with Crippen molar-refractivity contribution in [2.45, 2.75) is 46.7 Å². The first kappa shape index (κ1) is 14.0. The van der Waals surface area contributed by atoms with Gasteiger partial charge in [0.05, 0.1) is 0 Å². The third kappa shape index (κ3) is 3.70. The SMILES string of the molecule is CCCN(c1ccc(CNC)c(C)n1)C(C)C. The fourth-order valence-corrected chi connectivity index (χ4v) is 1.99. The van der Waals surface area contributed by atoms with Gasteiger partial charge in [-0.25, -0.2) is 4.98 Å². The van der Waals surface area contributed by atoms with Crippen LogP contribution in [0, 0.1) is 6.92 Å². The van der Waals surface area contributed by atoms with Crippen LogP contribution in [0.15, 0.2) is 12.1 Å². The number of hydrogen-bond donors (Lipinski definition) is 1. The van der Waals surface area contributed by atoms with Gasteiger partial charge in [0, 0.05) is 24.8 Å². The molecule has 0 unspecified atom stereocenters. The Morgan fingerprint density at radius 1 is 1.35 bits per heavy atom. The van der Waals surface area contributed by atoms with Crippen molar-refractivity contribution in [1.29, 1.82) is 0 Å². The van der Waals surface area contributed by atoms with E-state index in [1.807, 2.05) is 7.05 Å². The Bertz CT molecular complexity index is 347. The molecule has 0 fully saturated rings. The third-order valence-corrected chi connectivity index (χ3v) is 2.93. The zero-order valence-electron chi connectivity index (χ0n) is 11.7. The van der Waals surface area contributed by atoms with E-state index in [0.717, 1.165) is 31.0 Å². The molecule has 17 heavy (non-hydrogen) atoms. The summed E-state index contributed by atoms with van der Waals surface area (Å²) in [5, 5.41) is 3.17. The van der Waals surface area contributed by atoms with Crippen LogP contribution in [0.4, 0.5) is 5.82 Å². The van der Waals surface area contributed by atoms with Crippen molar-refractivity contribution in [1.82, 2.24) is 10.3 Å². The van der Waals surface area contributed by atoms with Crippen LogP contribution in [-0.2, 0) is 6.54 Å². The first-order chi connectivity index (χ1) is 8.10. The van der Waals surface area contributed by atoms with Gasteiger partial charge in [0.25, 0.3) is 0 Å². The molecule has 3 heteroatoms. The smallest absolute Gasteiger partial charge is 0.129 e. The zero-order chi connectivity index (χ0) is 12.8. The summed E-state index contributed by atoms with van der Waals surface area (Å²) in [6.45, 7) is 10.7. The third-order valence-electron chi connectivity index (χ3n) is 2.93. The number of hydrogen-bond acceptors (Lipinski definition) is 3. The maximum absolute atomic E-state index is 4.72. The topological polar surface area (TPSA) is 28.2 Å². The van der Waals surface area contributed by atoms with Crippen molar-refractivity contribution >= 4 is 5.82 Å². The Kier molecular flexibility index (Phi) is 5.42. The summed E-state index contributed by atoms with van der Waals surface area (Å²) < 4.78 is 0. The molecule has 0 bridgehead atoms. The number of aromatic nitrogens is 1. The van der Waals surface area contributed by atoms with E-state index < -0.39 is 0 Å². The van der Waals surface area contributed by atoms with Crippen molar-refractivity contribution in [3.63, 3.8) is 0 Å². The Labute approximate surface area is 105 Å². The highest BCUT2D eigenvalue weighted by molar-refractivity contribution is 5.42. The van der Waals surface area contributed by atoms with Crippen LogP contribution in [-0.4, -0.2) is 24.6 Å². The molecule has 96 valence electrons. The van der Waals surface area contributed by atoms with Crippen LogP contribution in [0.1, 0.15) is 38.4 Å². The van der Waals surface area contributed by atoms with Crippen molar-refractivity contribution in [3.8, 4) is 0 Å². The summed E-state index contributed by atoms with van der Waals surface area (Å²) in [6, 6.07) is 4.81. The summed E-state index contributed by atoms with van der Waals surface area (Å²) in [4.78, 5) is 7.08. The average Bonchev–Trinajstić information content (AvgIpc) is 2.28. The van der Waals surface area contributed by atoms with E-state index in [-0.39, 0.29) is 0 Å². The molecule has 1 aromatic rings. The van der Waals surface area contributed by atoms with E-state index in [9.17, 15) is 0 Å². The lowest BCUT2D eigenvalue weighted by molar-refractivity contribution is 0.660. The highest BCUT2D eigenvalue weighted by Gasteiger charge is 2.11. The predicted molar refractivity (Wildman–Crippen MR) is 74.5 cm³/mol. The molecule has 0 amide bonds. The molecular formula is C14H25N3. The summed E-state index contributed by atoms with van der Waals surface area (Å²) in [7, 11) is 1.96. The molecule has 0 aromatic carbocycles. The maximum Gasteiger partial charge on any atom is 0.129 e. The van der Waals surface area contributed by atoms with Gasteiger partial charge in [-0.2, -0.15) is 0 Å². The molecule has 1 aromatic heterocycles. The number of rotatable bonds is 6. The molecule has 0 saturated heterocycles. The minimum Gasteiger partial charge on any atom is -0.354 e. The highest BCUT2D eigenvalue weighted by atomic mass is 15.2. The second kappa shape index (κ2) is 6.60. The lowest BCUT2D eigenvalue weighted by Crippen LogP contribution is -2.32. The molecule has 3 nitrogen and oxygen atoms in total. The van der Waals surface area contributed by atoms with Gasteiger partial charge in [0.2, 0.25) is 0 Å². The van der Waals surface area contributed by atoms with Crippen LogP contribution >= 0.6 is 0 Å². The summed E-state index contributed by atoms with van der Waals surface area (Å²) in [5.41, 5.74) is 2.40. The Morgan fingerprint density at radius 2 is 2.06 bits per heavy atom. The molecule has 0 atom stereocenters. The molecule has 0 radical (unpaired) electrons. The summed E-state index contributed by atoms with van der Waals surface area (Å²) >= 11 is 0. The van der Waals surface area contributed by atoms with E-state index in [1.165, 1.54) is 5.56 Å². The fraction of sp³-hybridized carbons (Fsp3) is 0.643. The van der Waals surface area contributed by atoms with Gasteiger partial charge in [-0.05, 0) is 45.9 Å². The molecule has 1 rings (SSSR count). The van der Waals surface area contributed by atoms with Crippen molar-refractivity contribution < 1.29 is 0 Å². The number of anilines is 1. The van der Waals surface area contributed by atoms with Gasteiger partial charge in [-0.3, -0.25) is 0 Å². The summed E-state index contributed by atoms with van der Waals surface area (Å²) in [5.74, 6) is 1.10. The molecule has 1 heterocycles. The van der Waals surface area contributed by atoms with Crippen LogP contribution < -0.4 is 10.2 Å². The number of aryl methyl sites for hydroxylation is 1. The molecule has 0 spiro atoms. The van der Waals surface area contributed by atoms with Crippen LogP contribution in [0.25, 0.3) is 0 Å². The fourth-order valence-electron chi connectivity index (χ4n) is 1.99. The van der Waals surface area contributed by atoms with Gasteiger partial charge < -0.3 is 10.2 Å². The lowest BCUT2D eigenvalue weighted by Gasteiger charge is -2.28. The second-order valence-electron chi connectivity index (χ2n) is 4.73. The van der Waals surface area contributed by atoms with Gasteiger partial charge in [0.15, 0.2) is 0 Å². The van der Waals surface area contributed by atoms with Crippen molar-refractivity contribution in [2.75, 3.05) is 18.5 Å². The number of nitrogens with one attached hydrogen (secondary N) is 1. The van der Waals surface area contributed by atoms with Gasteiger partial charge in [-0.15, -0.1) is 0 Å². The van der Waals surface area contributed by atoms with Gasteiger partial charge >= 0.3 is 0 Å². The zero-order valence-corrected chi connectivity index (χ0v) is 11.7. The minimum atomic E-state index is 0.497. The second-order valence-corrected chi connectivity index (χ2v) is 4.73. The monoisotopic (exact) mass is 235 g/mol. The minimum absolute atomic E-state index is 0.497. The normalized spacial score (nSPS) is 10.9. The molecule has 0 aliphatic rings. The van der Waals surface area contributed by atoms with E-state index in [0.29, 0.717) is 6.04 Å². The lowest BCUT2D eigenvalue weighted by atomic mass is 10.2. The molecule has 1 N–H and O–H groups in total.